The van der Waals surface area contributed by atoms with Gasteiger partial charge in [-0.05, 0) is 17.6 Å². The van der Waals surface area contributed by atoms with Crippen LogP contribution in [0.4, 0.5) is 4.79 Å². The molecule has 0 atom stereocenters. The molecule has 1 aromatic rings. The molecule has 1 N–H and O–H groups in total. The summed E-state index contributed by atoms with van der Waals surface area (Å²) in [5.74, 6) is -0.204. The minimum Gasteiger partial charge on any atom is -0.318 e. The quantitative estimate of drug-likeness (QED) is 0.778. The van der Waals surface area contributed by atoms with E-state index in [0.717, 1.165) is 5.69 Å². The Hall–Kier alpha value is -1.43. The third-order valence-electron chi connectivity index (χ3n) is 1.99. The van der Waals surface area contributed by atoms with E-state index in [0.29, 0.717) is 19.5 Å². The molecule has 5 nitrogen and oxygen atoms in total. The molecule has 1 fully saturated rings. The van der Waals surface area contributed by atoms with Gasteiger partial charge in [-0.2, -0.15) is 4.37 Å². The van der Waals surface area contributed by atoms with Gasteiger partial charge >= 0.3 is 6.03 Å². The maximum absolute atomic E-state index is 11.3. The molecular weight excluding hydrogens is 202 g/mol. The van der Waals surface area contributed by atoms with Crippen LogP contribution in [0.25, 0.3) is 0 Å². The first-order valence-corrected chi connectivity index (χ1v) is 5.07. The Morgan fingerprint density at radius 3 is 3.07 bits per heavy atom. The van der Waals surface area contributed by atoms with E-state index in [9.17, 15) is 9.59 Å². The van der Waals surface area contributed by atoms with Crippen molar-refractivity contribution in [3.05, 3.63) is 17.1 Å². The Balaban J connectivity index is 1.99. The van der Waals surface area contributed by atoms with E-state index in [1.807, 2.05) is 11.4 Å². The van der Waals surface area contributed by atoms with Gasteiger partial charge in [0.05, 0.1) is 12.2 Å². The van der Waals surface area contributed by atoms with Crippen molar-refractivity contribution in [1.82, 2.24) is 14.6 Å². The largest absolute Gasteiger partial charge is 0.324 e. The summed E-state index contributed by atoms with van der Waals surface area (Å²) in [4.78, 5) is 23.7. The van der Waals surface area contributed by atoms with Gasteiger partial charge in [0.2, 0.25) is 5.91 Å². The molecule has 1 saturated heterocycles. The predicted molar refractivity (Wildman–Crippen MR) is 50.7 cm³/mol. The Kier molecular flexibility index (Phi) is 2.45. The number of imide groups is 1. The zero-order valence-corrected chi connectivity index (χ0v) is 8.21. The second-order valence-electron chi connectivity index (χ2n) is 3.02. The van der Waals surface area contributed by atoms with Gasteiger partial charge in [-0.15, -0.1) is 0 Å². The zero-order chi connectivity index (χ0) is 9.97. The first-order chi connectivity index (χ1) is 6.75. The normalized spacial score (nSPS) is 17.0. The van der Waals surface area contributed by atoms with Crippen LogP contribution in [0.2, 0.25) is 0 Å². The molecule has 6 heteroatoms. The molecule has 0 saturated carbocycles. The summed E-state index contributed by atoms with van der Waals surface area (Å²) in [6, 6.07) is 1.54. The van der Waals surface area contributed by atoms with E-state index in [1.54, 1.807) is 4.90 Å². The number of rotatable bonds is 2. The molecule has 0 unspecified atom stereocenters. The Morgan fingerprint density at radius 2 is 2.43 bits per heavy atom. The SMILES string of the molecule is O=C1CCN(Cc2ccsn2)C(=O)N1. The summed E-state index contributed by atoms with van der Waals surface area (Å²) in [7, 11) is 0. The maximum Gasteiger partial charge on any atom is 0.324 e. The second-order valence-corrected chi connectivity index (χ2v) is 3.68. The Morgan fingerprint density at radius 1 is 1.57 bits per heavy atom. The summed E-state index contributed by atoms with van der Waals surface area (Å²) in [6.07, 6.45) is 0.371. The van der Waals surface area contributed by atoms with Crippen LogP contribution in [-0.2, 0) is 11.3 Å². The molecule has 0 bridgehead atoms. The van der Waals surface area contributed by atoms with Crippen molar-refractivity contribution in [2.45, 2.75) is 13.0 Å². The van der Waals surface area contributed by atoms with Crippen LogP contribution < -0.4 is 5.32 Å². The molecule has 0 aromatic carbocycles. The summed E-state index contributed by atoms with van der Waals surface area (Å²) >= 11 is 1.35. The van der Waals surface area contributed by atoms with Gasteiger partial charge in [-0.3, -0.25) is 10.1 Å². The highest BCUT2D eigenvalue weighted by atomic mass is 32.1. The third kappa shape index (κ3) is 1.90. The first-order valence-electron chi connectivity index (χ1n) is 4.24. The van der Waals surface area contributed by atoms with Gasteiger partial charge in [0.25, 0.3) is 0 Å². The molecule has 2 heterocycles. The van der Waals surface area contributed by atoms with Crippen LogP contribution in [0.5, 0.6) is 0 Å². The highest BCUT2D eigenvalue weighted by Gasteiger charge is 2.22. The summed E-state index contributed by atoms with van der Waals surface area (Å²) < 4.78 is 4.10. The molecule has 1 aliphatic heterocycles. The first kappa shape index (κ1) is 9.14. The van der Waals surface area contributed by atoms with Crippen LogP contribution in [0.1, 0.15) is 12.1 Å². The lowest BCUT2D eigenvalue weighted by molar-refractivity contribution is -0.121. The van der Waals surface area contributed by atoms with Crippen LogP contribution >= 0.6 is 11.5 Å². The lowest BCUT2D eigenvalue weighted by atomic mass is 10.3. The van der Waals surface area contributed by atoms with Gasteiger partial charge in [-0.25, -0.2) is 4.79 Å². The van der Waals surface area contributed by atoms with Crippen LogP contribution in [0.3, 0.4) is 0 Å². The number of amides is 3. The fraction of sp³-hybridized carbons (Fsp3) is 0.375. The van der Waals surface area contributed by atoms with Crippen molar-refractivity contribution in [1.29, 1.82) is 0 Å². The van der Waals surface area contributed by atoms with Gasteiger partial charge < -0.3 is 4.90 Å². The van der Waals surface area contributed by atoms with Gasteiger partial charge in [-0.1, -0.05) is 0 Å². The molecular formula is C8H9N3O2S. The van der Waals surface area contributed by atoms with Crippen LogP contribution in [-0.4, -0.2) is 27.8 Å². The second kappa shape index (κ2) is 3.75. The van der Waals surface area contributed by atoms with Crippen molar-refractivity contribution in [2.75, 3.05) is 6.54 Å². The van der Waals surface area contributed by atoms with Crippen molar-refractivity contribution in [3.63, 3.8) is 0 Å². The molecule has 0 spiro atoms. The minimum atomic E-state index is -0.325. The molecule has 3 amide bonds. The zero-order valence-electron chi connectivity index (χ0n) is 7.40. The van der Waals surface area contributed by atoms with E-state index in [4.69, 9.17) is 0 Å². The molecule has 0 radical (unpaired) electrons. The highest BCUT2D eigenvalue weighted by molar-refractivity contribution is 7.03. The summed E-state index contributed by atoms with van der Waals surface area (Å²) in [5.41, 5.74) is 0.861. The van der Waals surface area contributed by atoms with E-state index in [1.165, 1.54) is 11.5 Å². The fourth-order valence-corrected chi connectivity index (χ4v) is 1.80. The number of aromatic nitrogens is 1. The number of hydrogen-bond acceptors (Lipinski definition) is 4. The predicted octanol–water partition coefficient (Wildman–Crippen LogP) is 0.585. The summed E-state index contributed by atoms with van der Waals surface area (Å²) in [5, 5.41) is 4.13. The number of nitrogens with one attached hydrogen (secondary N) is 1. The highest BCUT2D eigenvalue weighted by Crippen LogP contribution is 2.08. The van der Waals surface area contributed by atoms with Gasteiger partial charge in [0.1, 0.15) is 0 Å². The Labute approximate surface area is 84.9 Å². The molecule has 74 valence electrons. The van der Waals surface area contributed by atoms with Crippen LogP contribution in [0.15, 0.2) is 11.4 Å². The van der Waals surface area contributed by atoms with Crippen molar-refractivity contribution >= 4 is 23.5 Å². The Bertz CT molecular complexity index is 349. The number of carbonyl (C=O) groups is 2. The van der Waals surface area contributed by atoms with Gasteiger partial charge in [0, 0.05) is 18.3 Å². The van der Waals surface area contributed by atoms with E-state index >= 15 is 0 Å². The van der Waals surface area contributed by atoms with Crippen molar-refractivity contribution < 1.29 is 9.59 Å². The van der Waals surface area contributed by atoms with Crippen LogP contribution in [0, 0.1) is 0 Å². The van der Waals surface area contributed by atoms with E-state index in [2.05, 4.69) is 9.69 Å². The molecule has 2 rings (SSSR count). The van der Waals surface area contributed by atoms with Gasteiger partial charge in [0.15, 0.2) is 0 Å². The van der Waals surface area contributed by atoms with E-state index < -0.39 is 0 Å². The topological polar surface area (TPSA) is 62.3 Å². The fourth-order valence-electron chi connectivity index (χ4n) is 1.26. The standard InChI is InChI=1S/C8H9N3O2S/c12-7-1-3-11(8(13)9-7)5-6-2-4-14-10-6/h2,4H,1,3,5H2,(H,9,12,13). The number of hydrogen-bond donors (Lipinski definition) is 1. The smallest absolute Gasteiger partial charge is 0.318 e. The number of urea groups is 1. The molecule has 1 aromatic heterocycles. The van der Waals surface area contributed by atoms with Crippen molar-refractivity contribution in [2.24, 2.45) is 0 Å². The average Bonchev–Trinajstić information content (AvgIpc) is 2.62. The lowest BCUT2D eigenvalue weighted by Gasteiger charge is -2.25. The molecule has 14 heavy (non-hydrogen) atoms. The lowest BCUT2D eigenvalue weighted by Crippen LogP contribution is -2.48. The monoisotopic (exact) mass is 211 g/mol. The minimum absolute atomic E-state index is 0.204. The number of nitrogens with zero attached hydrogens (tertiary/aromatic N) is 2. The summed E-state index contributed by atoms with van der Waals surface area (Å²) in [6.45, 7) is 0.949. The third-order valence-corrected chi connectivity index (χ3v) is 2.58. The molecule has 0 aliphatic carbocycles. The number of carbonyl (C=O) groups excluding carboxylic acids is 2. The van der Waals surface area contributed by atoms with E-state index in [-0.39, 0.29) is 11.9 Å². The van der Waals surface area contributed by atoms with Crippen molar-refractivity contribution in [3.8, 4) is 0 Å². The molecule has 1 aliphatic rings. The average molecular weight is 211 g/mol. The maximum atomic E-state index is 11.3.